The summed E-state index contributed by atoms with van der Waals surface area (Å²) < 4.78 is 36.5. The van der Waals surface area contributed by atoms with E-state index in [9.17, 15) is 14.0 Å². The van der Waals surface area contributed by atoms with Crippen LogP contribution in [0, 0.1) is 5.82 Å². The van der Waals surface area contributed by atoms with E-state index in [4.69, 9.17) is 18.6 Å². The molecular formula is C35H41FN4O6. The molecule has 244 valence electrons. The van der Waals surface area contributed by atoms with Crippen LogP contribution in [0.2, 0.25) is 0 Å². The van der Waals surface area contributed by atoms with Gasteiger partial charge in [-0.2, -0.15) is 0 Å². The van der Waals surface area contributed by atoms with Gasteiger partial charge in [-0.25, -0.2) is 4.39 Å². The van der Waals surface area contributed by atoms with Crippen molar-refractivity contribution in [2.24, 2.45) is 0 Å². The molecule has 0 bridgehead atoms. The number of carbonyl (C=O) groups excluding carboxylic acids is 2. The molecule has 2 aromatic carbocycles. The van der Waals surface area contributed by atoms with Crippen LogP contribution in [-0.2, 0) is 20.9 Å². The Balaban J connectivity index is 1.30. The first kappa shape index (κ1) is 32.8. The number of benzene rings is 2. The molecule has 0 radical (unpaired) electrons. The number of fused-ring (bicyclic) bond motifs is 1. The second-order valence-electron chi connectivity index (χ2n) is 11.4. The van der Waals surface area contributed by atoms with Crippen LogP contribution >= 0.6 is 0 Å². The van der Waals surface area contributed by atoms with Crippen LogP contribution < -0.4 is 20.1 Å². The standard InChI is InChI=1S/C35H41FN4O6/c1-23-28(27-8-7-25(36)19-30(27)29(23)20-33(41)37-21-26-6-5-14-45-26)16-24-17-31(43-3)35(32(18-24)44-4)38-22-34(42)46-15-13-40-11-9-39(2)10-12-40/h5-8,14,16-19,38H,9-13,15,20-22H2,1-4H3,(H,37,41)/b28-16-. The predicted molar refractivity (Wildman–Crippen MR) is 175 cm³/mol. The molecule has 10 nitrogen and oxygen atoms in total. The monoisotopic (exact) mass is 632 g/mol. The zero-order valence-electron chi connectivity index (χ0n) is 26.8. The van der Waals surface area contributed by atoms with Crippen LogP contribution in [0.15, 0.2) is 58.7 Å². The molecule has 1 aliphatic carbocycles. The SMILES string of the molecule is COc1cc(/C=C2/C(C)=C(CC(=O)NCc3ccco3)c3cc(F)ccc32)cc(OC)c1NCC(=O)OCCN1CCN(C)CC1. The molecule has 1 saturated heterocycles. The van der Waals surface area contributed by atoms with E-state index in [1.54, 1.807) is 38.7 Å². The Kier molecular flexibility index (Phi) is 10.8. The summed E-state index contributed by atoms with van der Waals surface area (Å²) in [7, 11) is 5.20. The van der Waals surface area contributed by atoms with Crippen LogP contribution in [0.5, 0.6) is 11.5 Å². The van der Waals surface area contributed by atoms with Gasteiger partial charge in [0.15, 0.2) is 0 Å². The number of hydrogen-bond acceptors (Lipinski definition) is 9. The van der Waals surface area contributed by atoms with Crippen molar-refractivity contribution >= 4 is 34.8 Å². The molecule has 0 spiro atoms. The van der Waals surface area contributed by atoms with Crippen LogP contribution in [0.4, 0.5) is 10.1 Å². The van der Waals surface area contributed by atoms with Crippen LogP contribution in [0.3, 0.4) is 0 Å². The van der Waals surface area contributed by atoms with E-state index in [2.05, 4.69) is 27.5 Å². The Labute approximate surface area is 268 Å². The second-order valence-corrected chi connectivity index (χ2v) is 11.4. The number of piperazine rings is 1. The Bertz CT molecular complexity index is 1580. The summed E-state index contributed by atoms with van der Waals surface area (Å²) in [5, 5.41) is 5.98. The van der Waals surface area contributed by atoms with E-state index >= 15 is 0 Å². The van der Waals surface area contributed by atoms with Crippen LogP contribution in [0.1, 0.15) is 35.8 Å². The molecule has 0 atom stereocenters. The van der Waals surface area contributed by atoms with Gasteiger partial charge in [0.2, 0.25) is 5.91 Å². The quantitative estimate of drug-likeness (QED) is 0.260. The number of nitrogens with one attached hydrogen (secondary N) is 2. The summed E-state index contributed by atoms with van der Waals surface area (Å²) in [6, 6.07) is 11.8. The molecular weight excluding hydrogens is 591 g/mol. The normalized spacial score (nSPS) is 16.0. The maximum absolute atomic E-state index is 14.4. The fourth-order valence-electron chi connectivity index (χ4n) is 5.73. The summed E-state index contributed by atoms with van der Waals surface area (Å²) in [6.07, 6.45) is 3.60. The van der Waals surface area contributed by atoms with Gasteiger partial charge >= 0.3 is 5.97 Å². The van der Waals surface area contributed by atoms with Gasteiger partial charge in [-0.05, 0) is 89.9 Å². The van der Waals surface area contributed by atoms with E-state index in [1.807, 2.05) is 25.1 Å². The van der Waals surface area contributed by atoms with Gasteiger partial charge in [-0.15, -0.1) is 0 Å². The van der Waals surface area contributed by atoms with E-state index < -0.39 is 0 Å². The number of allylic oxidation sites excluding steroid dienone is 2. The number of furan rings is 1. The van der Waals surface area contributed by atoms with Gasteiger partial charge in [0.1, 0.15) is 41.9 Å². The van der Waals surface area contributed by atoms with Gasteiger partial charge in [-0.1, -0.05) is 6.07 Å². The fraction of sp³-hybridized carbons (Fsp3) is 0.371. The summed E-state index contributed by atoms with van der Waals surface area (Å²) in [6.45, 7) is 7.12. The highest BCUT2D eigenvalue weighted by Crippen LogP contribution is 2.45. The minimum atomic E-state index is -0.377. The van der Waals surface area contributed by atoms with E-state index in [1.165, 1.54) is 12.1 Å². The highest BCUT2D eigenvalue weighted by atomic mass is 19.1. The van der Waals surface area contributed by atoms with Crippen LogP contribution in [0.25, 0.3) is 17.2 Å². The highest BCUT2D eigenvalue weighted by molar-refractivity contribution is 6.08. The molecule has 11 heteroatoms. The molecule has 2 heterocycles. The largest absolute Gasteiger partial charge is 0.494 e. The van der Waals surface area contributed by atoms with Crippen molar-refractivity contribution < 1.29 is 32.6 Å². The molecule has 0 unspecified atom stereocenters. The van der Waals surface area contributed by atoms with Gasteiger partial charge in [-0.3, -0.25) is 14.5 Å². The Morgan fingerprint density at radius 3 is 2.43 bits per heavy atom. The predicted octanol–water partition coefficient (Wildman–Crippen LogP) is 4.67. The molecule has 3 aromatic rings. The lowest BCUT2D eigenvalue weighted by Gasteiger charge is -2.32. The van der Waals surface area contributed by atoms with Crippen molar-refractivity contribution in [3.8, 4) is 11.5 Å². The molecule has 1 amide bonds. The van der Waals surface area contributed by atoms with Crippen molar-refractivity contribution in [2.45, 2.75) is 19.9 Å². The van der Waals surface area contributed by atoms with Crippen molar-refractivity contribution in [3.05, 3.63) is 82.6 Å². The molecule has 46 heavy (non-hydrogen) atoms. The van der Waals surface area contributed by atoms with Gasteiger partial charge in [0.25, 0.3) is 0 Å². The number of carbonyl (C=O) groups is 2. The van der Waals surface area contributed by atoms with E-state index in [0.29, 0.717) is 41.7 Å². The van der Waals surface area contributed by atoms with Crippen molar-refractivity contribution in [1.29, 1.82) is 0 Å². The third kappa shape index (κ3) is 7.96. The number of hydrogen-bond donors (Lipinski definition) is 2. The molecule has 2 N–H and O–H groups in total. The number of nitrogens with zero attached hydrogens (tertiary/aromatic N) is 2. The molecule has 0 saturated carbocycles. The van der Waals surface area contributed by atoms with Crippen LogP contribution in [-0.4, -0.2) is 88.8 Å². The second kappa shape index (κ2) is 15.1. The summed E-state index contributed by atoms with van der Waals surface area (Å²) in [5.74, 6) is 0.662. The number of likely N-dealkylation sites (N-methyl/N-ethyl adjacent to an activating group) is 1. The zero-order valence-corrected chi connectivity index (χ0v) is 26.8. The number of esters is 1. The first-order valence-electron chi connectivity index (χ1n) is 15.3. The Morgan fingerprint density at radius 1 is 1.02 bits per heavy atom. The molecule has 1 aliphatic heterocycles. The average molecular weight is 633 g/mol. The summed E-state index contributed by atoms with van der Waals surface area (Å²) in [5.41, 5.74) is 5.28. The highest BCUT2D eigenvalue weighted by Gasteiger charge is 2.26. The zero-order chi connectivity index (χ0) is 32.6. The fourth-order valence-corrected chi connectivity index (χ4v) is 5.73. The number of rotatable bonds is 13. The van der Waals surface area contributed by atoms with Crippen molar-refractivity contribution in [1.82, 2.24) is 15.1 Å². The molecule has 5 rings (SSSR count). The lowest BCUT2D eigenvalue weighted by molar-refractivity contribution is -0.142. The van der Waals surface area contributed by atoms with Gasteiger partial charge in [0, 0.05) is 32.7 Å². The smallest absolute Gasteiger partial charge is 0.325 e. The lowest BCUT2D eigenvalue weighted by atomic mass is 10.00. The van der Waals surface area contributed by atoms with E-state index in [0.717, 1.165) is 54.0 Å². The van der Waals surface area contributed by atoms with Gasteiger partial charge in [0.05, 0.1) is 33.4 Å². The summed E-state index contributed by atoms with van der Waals surface area (Å²) >= 11 is 0. The first-order valence-corrected chi connectivity index (χ1v) is 15.3. The topological polar surface area (TPSA) is 106 Å². The minimum absolute atomic E-state index is 0.0535. The van der Waals surface area contributed by atoms with E-state index in [-0.39, 0.29) is 37.2 Å². The number of amides is 1. The first-order chi connectivity index (χ1) is 22.2. The Morgan fingerprint density at radius 2 is 1.76 bits per heavy atom. The number of halogens is 1. The lowest BCUT2D eigenvalue weighted by Crippen LogP contribution is -2.45. The average Bonchev–Trinajstić information content (AvgIpc) is 3.66. The number of ether oxygens (including phenoxy) is 3. The minimum Gasteiger partial charge on any atom is -0.494 e. The Hall–Kier alpha value is -4.61. The third-order valence-electron chi connectivity index (χ3n) is 8.35. The maximum atomic E-state index is 14.4. The number of methoxy groups -OCH3 is 2. The van der Waals surface area contributed by atoms with Crippen molar-refractivity contribution in [2.75, 3.05) is 72.5 Å². The third-order valence-corrected chi connectivity index (χ3v) is 8.35. The van der Waals surface area contributed by atoms with Gasteiger partial charge < -0.3 is 34.2 Å². The number of anilines is 1. The maximum Gasteiger partial charge on any atom is 0.325 e. The molecule has 1 aromatic heterocycles. The summed E-state index contributed by atoms with van der Waals surface area (Å²) in [4.78, 5) is 30.0. The molecule has 1 fully saturated rings. The molecule has 2 aliphatic rings. The van der Waals surface area contributed by atoms with Crippen molar-refractivity contribution in [3.63, 3.8) is 0 Å².